The van der Waals surface area contributed by atoms with E-state index in [4.69, 9.17) is 18.9 Å². The largest absolute Gasteiger partial charge is 0.394 e. The second-order valence-electron chi connectivity index (χ2n) is 6.85. The van der Waals surface area contributed by atoms with Gasteiger partial charge in [0.05, 0.1) is 19.8 Å². The highest BCUT2D eigenvalue weighted by molar-refractivity contribution is 5.13. The van der Waals surface area contributed by atoms with Gasteiger partial charge in [-0.3, -0.25) is 0 Å². The van der Waals surface area contributed by atoms with Gasteiger partial charge in [0.15, 0.2) is 12.6 Å². The van der Waals surface area contributed by atoms with E-state index in [-0.39, 0.29) is 13.2 Å². The molecule has 28 heavy (non-hydrogen) atoms. The van der Waals surface area contributed by atoms with Crippen LogP contribution < -0.4 is 0 Å². The van der Waals surface area contributed by atoms with Crippen LogP contribution in [0.1, 0.15) is 5.56 Å². The van der Waals surface area contributed by atoms with E-state index in [2.05, 4.69) is 0 Å². The Balaban J connectivity index is 1.69. The summed E-state index contributed by atoms with van der Waals surface area (Å²) in [5.74, 6) is 0. The first-order chi connectivity index (χ1) is 13.4. The monoisotopic (exact) mass is 402 g/mol. The molecule has 9 atom stereocenters. The van der Waals surface area contributed by atoms with Gasteiger partial charge in [0.25, 0.3) is 0 Å². The molecule has 2 fully saturated rings. The Morgan fingerprint density at radius 1 is 0.893 bits per heavy atom. The van der Waals surface area contributed by atoms with Gasteiger partial charge in [-0.1, -0.05) is 30.3 Å². The average molecular weight is 402 g/mol. The molecule has 0 spiro atoms. The van der Waals surface area contributed by atoms with Crippen molar-refractivity contribution in [3.8, 4) is 0 Å². The molecule has 2 saturated heterocycles. The van der Waals surface area contributed by atoms with Crippen LogP contribution in [0.4, 0.5) is 0 Å². The van der Waals surface area contributed by atoms with Gasteiger partial charge in [-0.25, -0.2) is 0 Å². The molecule has 3 rings (SSSR count). The van der Waals surface area contributed by atoms with Crippen LogP contribution in [0.2, 0.25) is 0 Å². The highest BCUT2D eigenvalue weighted by Crippen LogP contribution is 2.28. The van der Waals surface area contributed by atoms with E-state index in [0.717, 1.165) is 5.56 Å². The van der Waals surface area contributed by atoms with Crippen molar-refractivity contribution in [3.05, 3.63) is 35.9 Å². The summed E-state index contributed by atoms with van der Waals surface area (Å²) in [7, 11) is 0. The van der Waals surface area contributed by atoms with Crippen LogP contribution in [0.25, 0.3) is 0 Å². The molecule has 0 unspecified atom stereocenters. The van der Waals surface area contributed by atoms with Gasteiger partial charge in [-0.05, 0) is 5.56 Å². The number of benzene rings is 1. The minimum Gasteiger partial charge on any atom is -0.394 e. The Kier molecular flexibility index (Phi) is 7.34. The number of aliphatic hydroxyl groups is 6. The summed E-state index contributed by atoms with van der Waals surface area (Å²) in [6, 6.07) is 9.19. The molecule has 10 nitrogen and oxygen atoms in total. The van der Waals surface area contributed by atoms with Gasteiger partial charge in [0, 0.05) is 0 Å². The van der Waals surface area contributed by atoms with Gasteiger partial charge in [0.2, 0.25) is 0 Å². The van der Waals surface area contributed by atoms with Gasteiger partial charge in [-0.2, -0.15) is 0 Å². The van der Waals surface area contributed by atoms with E-state index in [9.17, 15) is 30.6 Å². The number of rotatable bonds is 6. The predicted octanol–water partition coefficient (Wildman–Crippen LogP) is -2.53. The summed E-state index contributed by atoms with van der Waals surface area (Å²) < 4.78 is 21.9. The maximum Gasteiger partial charge on any atom is 0.187 e. The van der Waals surface area contributed by atoms with Crippen LogP contribution >= 0.6 is 0 Å². The quantitative estimate of drug-likeness (QED) is 0.300. The lowest BCUT2D eigenvalue weighted by molar-refractivity contribution is -0.358. The van der Waals surface area contributed by atoms with Gasteiger partial charge >= 0.3 is 0 Å². The zero-order valence-electron chi connectivity index (χ0n) is 15.0. The fraction of sp³-hybridized carbons (Fsp3) is 0.667. The standard InChI is InChI=1S/C18H26O10/c19-6-11-13(22)14(23)15(24)17(27-11)28-16-12(21)10(20)8-26-18(16)25-7-9-4-2-1-3-5-9/h1-5,10-24H,6-8H2/t10-,11-,12+,13+,14+,15-,16-,17-,18-/m1/s1. The van der Waals surface area contributed by atoms with Crippen LogP contribution in [0.3, 0.4) is 0 Å². The zero-order valence-corrected chi connectivity index (χ0v) is 15.0. The molecule has 2 aliphatic heterocycles. The third-order valence-electron chi connectivity index (χ3n) is 4.83. The molecule has 158 valence electrons. The van der Waals surface area contributed by atoms with E-state index in [1.165, 1.54) is 0 Å². The molecular formula is C18H26O10. The Morgan fingerprint density at radius 3 is 2.29 bits per heavy atom. The topological polar surface area (TPSA) is 158 Å². The lowest BCUT2D eigenvalue weighted by Gasteiger charge is -2.44. The molecule has 2 heterocycles. The van der Waals surface area contributed by atoms with Crippen molar-refractivity contribution in [2.45, 2.75) is 61.9 Å². The van der Waals surface area contributed by atoms with Gasteiger partial charge in [-0.15, -0.1) is 0 Å². The fourth-order valence-corrected chi connectivity index (χ4v) is 3.14. The maximum absolute atomic E-state index is 10.3. The molecule has 0 saturated carbocycles. The molecule has 6 N–H and O–H groups in total. The Morgan fingerprint density at radius 2 is 1.61 bits per heavy atom. The van der Waals surface area contributed by atoms with Crippen LogP contribution in [-0.2, 0) is 25.6 Å². The molecule has 1 aromatic rings. The molecule has 0 amide bonds. The first-order valence-electron chi connectivity index (χ1n) is 9.01. The first-order valence-corrected chi connectivity index (χ1v) is 9.01. The molecule has 1 aromatic carbocycles. The van der Waals surface area contributed by atoms with Crippen LogP contribution in [0.15, 0.2) is 30.3 Å². The third-order valence-corrected chi connectivity index (χ3v) is 4.83. The van der Waals surface area contributed by atoms with E-state index in [0.29, 0.717) is 0 Å². The van der Waals surface area contributed by atoms with Crippen molar-refractivity contribution in [2.24, 2.45) is 0 Å². The summed E-state index contributed by atoms with van der Waals surface area (Å²) >= 11 is 0. The van der Waals surface area contributed by atoms with Crippen LogP contribution in [0, 0.1) is 0 Å². The maximum atomic E-state index is 10.3. The number of aliphatic hydroxyl groups excluding tert-OH is 6. The van der Waals surface area contributed by atoms with Crippen molar-refractivity contribution >= 4 is 0 Å². The fourth-order valence-electron chi connectivity index (χ4n) is 3.14. The second-order valence-corrected chi connectivity index (χ2v) is 6.85. The normalized spacial score (nSPS) is 41.7. The molecule has 0 aromatic heterocycles. The van der Waals surface area contributed by atoms with Crippen LogP contribution in [0.5, 0.6) is 0 Å². The van der Waals surface area contributed by atoms with Crippen molar-refractivity contribution < 1.29 is 49.6 Å². The van der Waals surface area contributed by atoms with Gasteiger partial charge in [0.1, 0.15) is 42.7 Å². The van der Waals surface area contributed by atoms with E-state index >= 15 is 0 Å². The average Bonchev–Trinajstić information content (AvgIpc) is 2.71. The van der Waals surface area contributed by atoms with Gasteiger partial charge < -0.3 is 49.6 Å². The molecule has 0 bridgehead atoms. The molecule has 0 aliphatic carbocycles. The van der Waals surface area contributed by atoms with E-state index in [1.807, 2.05) is 30.3 Å². The number of hydrogen-bond donors (Lipinski definition) is 6. The third kappa shape index (κ3) is 4.69. The number of ether oxygens (including phenoxy) is 4. The second kappa shape index (κ2) is 9.55. The van der Waals surface area contributed by atoms with E-state index in [1.54, 1.807) is 0 Å². The summed E-state index contributed by atoms with van der Waals surface area (Å²) in [5.41, 5.74) is 0.846. The number of hydrogen-bond acceptors (Lipinski definition) is 10. The van der Waals surface area contributed by atoms with Crippen molar-refractivity contribution in [3.63, 3.8) is 0 Å². The minimum atomic E-state index is -1.65. The minimum absolute atomic E-state index is 0.142. The summed E-state index contributed by atoms with van der Waals surface area (Å²) in [4.78, 5) is 0. The highest BCUT2D eigenvalue weighted by Gasteiger charge is 2.48. The van der Waals surface area contributed by atoms with Crippen LogP contribution in [-0.4, -0.2) is 99.2 Å². The Labute approximate surface area is 161 Å². The van der Waals surface area contributed by atoms with Crippen molar-refractivity contribution in [2.75, 3.05) is 13.2 Å². The molecule has 10 heteroatoms. The lowest BCUT2D eigenvalue weighted by Crippen LogP contribution is -2.63. The summed E-state index contributed by atoms with van der Waals surface area (Å²) in [6.45, 7) is -0.664. The molecular weight excluding hydrogens is 376 g/mol. The highest BCUT2D eigenvalue weighted by atomic mass is 16.7. The lowest BCUT2D eigenvalue weighted by atomic mass is 9.99. The first kappa shape index (κ1) is 21.5. The van der Waals surface area contributed by atoms with Crippen molar-refractivity contribution in [1.82, 2.24) is 0 Å². The van der Waals surface area contributed by atoms with E-state index < -0.39 is 61.9 Å². The summed E-state index contributed by atoms with van der Waals surface area (Å²) in [5, 5.41) is 59.4. The Bertz CT molecular complexity index is 599. The molecule has 2 aliphatic rings. The SMILES string of the molecule is OC[C@H]1O[C@H](O[C@H]2[C@H](OCc3ccccc3)OC[C@@H](O)[C@@H]2O)[C@H](O)[C@@H](O)[C@H]1O. The summed E-state index contributed by atoms with van der Waals surface area (Å²) in [6.07, 6.45) is -12.5. The predicted molar refractivity (Wildman–Crippen MR) is 91.6 cm³/mol. The zero-order chi connectivity index (χ0) is 20.3. The smallest absolute Gasteiger partial charge is 0.187 e. The molecule has 0 radical (unpaired) electrons. The van der Waals surface area contributed by atoms with Crippen molar-refractivity contribution in [1.29, 1.82) is 0 Å². The Hall–Kier alpha value is -1.18.